The van der Waals surface area contributed by atoms with Gasteiger partial charge in [0.15, 0.2) is 0 Å². The number of hydrogen-bond acceptors (Lipinski definition) is 4. The molecule has 1 N–H and O–H groups in total. The molecule has 5 nitrogen and oxygen atoms in total. The summed E-state index contributed by atoms with van der Waals surface area (Å²) >= 11 is 3.39. The Balaban J connectivity index is 2.28. The molecule has 0 aliphatic carbocycles. The van der Waals surface area contributed by atoms with E-state index in [-0.39, 0.29) is 16.7 Å². The zero-order valence-electron chi connectivity index (χ0n) is 8.70. The van der Waals surface area contributed by atoms with Gasteiger partial charge in [0, 0.05) is 16.1 Å². The highest BCUT2D eigenvalue weighted by atomic mass is 79.9. The summed E-state index contributed by atoms with van der Waals surface area (Å²) < 4.78 is 5.87. The minimum Gasteiger partial charge on any atom is -0.377 e. The van der Waals surface area contributed by atoms with Crippen molar-refractivity contribution < 1.29 is 9.66 Å². The first-order valence-corrected chi connectivity index (χ1v) is 5.66. The number of nitrogens with one attached hydrogen (secondary N) is 1. The molecule has 1 saturated heterocycles. The molecule has 16 heavy (non-hydrogen) atoms. The number of rotatable bonds is 3. The van der Waals surface area contributed by atoms with E-state index in [2.05, 4.69) is 21.2 Å². The van der Waals surface area contributed by atoms with Crippen LogP contribution in [0.4, 0.5) is 11.4 Å². The van der Waals surface area contributed by atoms with Crippen molar-refractivity contribution in [1.82, 2.24) is 0 Å². The zero-order chi connectivity index (χ0) is 11.7. The molecule has 0 bridgehead atoms. The van der Waals surface area contributed by atoms with Crippen molar-refractivity contribution in [3.05, 3.63) is 32.3 Å². The summed E-state index contributed by atoms with van der Waals surface area (Å²) in [4.78, 5) is 10.4. The maximum atomic E-state index is 10.8. The molecule has 2 rings (SSSR count). The summed E-state index contributed by atoms with van der Waals surface area (Å²) in [5, 5.41) is 14.0. The minimum atomic E-state index is -0.371. The van der Waals surface area contributed by atoms with Gasteiger partial charge in [-0.25, -0.2) is 0 Å². The van der Waals surface area contributed by atoms with E-state index in [0.29, 0.717) is 18.8 Å². The van der Waals surface area contributed by atoms with Gasteiger partial charge in [-0.1, -0.05) is 0 Å². The van der Waals surface area contributed by atoms with Crippen LogP contribution < -0.4 is 5.32 Å². The Morgan fingerprint density at radius 2 is 2.25 bits per heavy atom. The number of halogens is 1. The van der Waals surface area contributed by atoms with Crippen LogP contribution in [-0.4, -0.2) is 24.2 Å². The predicted molar refractivity (Wildman–Crippen MR) is 63.8 cm³/mol. The third-order valence-electron chi connectivity index (χ3n) is 2.48. The molecule has 1 aromatic carbocycles. The highest BCUT2D eigenvalue weighted by Gasteiger charge is 2.21. The van der Waals surface area contributed by atoms with E-state index in [9.17, 15) is 10.1 Å². The number of aryl methyl sites for hydroxylation is 1. The van der Waals surface area contributed by atoms with Crippen LogP contribution in [0.15, 0.2) is 16.6 Å². The second-order valence-corrected chi connectivity index (χ2v) is 4.61. The van der Waals surface area contributed by atoms with Crippen molar-refractivity contribution >= 4 is 27.3 Å². The number of nitro groups is 1. The summed E-state index contributed by atoms with van der Waals surface area (Å²) in [6.07, 6.45) is 0. The Hall–Kier alpha value is -1.14. The summed E-state index contributed by atoms with van der Waals surface area (Å²) in [5.74, 6) is 0. The van der Waals surface area contributed by atoms with Gasteiger partial charge in [-0.05, 0) is 28.9 Å². The van der Waals surface area contributed by atoms with Crippen LogP contribution >= 0.6 is 15.9 Å². The van der Waals surface area contributed by atoms with E-state index < -0.39 is 0 Å². The Morgan fingerprint density at radius 3 is 2.75 bits per heavy atom. The lowest BCUT2D eigenvalue weighted by molar-refractivity contribution is -0.385. The second kappa shape index (κ2) is 4.39. The number of hydrogen-bond donors (Lipinski definition) is 1. The van der Waals surface area contributed by atoms with Crippen molar-refractivity contribution in [3.63, 3.8) is 0 Å². The average Bonchev–Trinajstić information content (AvgIpc) is 2.13. The van der Waals surface area contributed by atoms with Crippen LogP contribution in [0.5, 0.6) is 0 Å². The number of anilines is 1. The normalized spacial score (nSPS) is 15.6. The maximum absolute atomic E-state index is 10.8. The van der Waals surface area contributed by atoms with E-state index in [1.54, 1.807) is 19.1 Å². The first-order valence-electron chi connectivity index (χ1n) is 4.86. The molecule has 0 unspecified atom stereocenters. The fraction of sp³-hybridized carbons (Fsp3) is 0.400. The summed E-state index contributed by atoms with van der Waals surface area (Å²) in [6.45, 7) is 3.02. The lowest BCUT2D eigenvalue weighted by atomic mass is 10.1. The summed E-state index contributed by atoms with van der Waals surface area (Å²) in [6, 6.07) is 3.55. The molecule has 0 spiro atoms. The molecule has 1 aromatic rings. The van der Waals surface area contributed by atoms with Crippen molar-refractivity contribution in [2.75, 3.05) is 18.5 Å². The van der Waals surface area contributed by atoms with Gasteiger partial charge in [-0.2, -0.15) is 0 Å². The molecule has 1 aliphatic heterocycles. The highest BCUT2D eigenvalue weighted by Crippen LogP contribution is 2.31. The first kappa shape index (κ1) is 11.3. The van der Waals surface area contributed by atoms with Gasteiger partial charge in [-0.15, -0.1) is 0 Å². The van der Waals surface area contributed by atoms with Crippen molar-refractivity contribution in [3.8, 4) is 0 Å². The summed E-state index contributed by atoms with van der Waals surface area (Å²) in [5.41, 5.74) is 1.52. The average molecular weight is 287 g/mol. The molecule has 0 aromatic heterocycles. The van der Waals surface area contributed by atoms with Gasteiger partial charge >= 0.3 is 0 Å². The third kappa shape index (κ3) is 2.17. The van der Waals surface area contributed by atoms with Gasteiger partial charge in [0.2, 0.25) is 0 Å². The number of nitro benzene ring substituents is 1. The van der Waals surface area contributed by atoms with E-state index in [1.807, 2.05) is 0 Å². The number of nitrogens with zero attached hydrogens (tertiary/aromatic N) is 1. The predicted octanol–water partition coefficient (Wildman–Crippen LogP) is 2.48. The van der Waals surface area contributed by atoms with Gasteiger partial charge in [0.25, 0.3) is 5.69 Å². The van der Waals surface area contributed by atoms with Gasteiger partial charge in [0.05, 0.1) is 29.9 Å². The number of ether oxygens (including phenoxy) is 1. The molecule has 1 fully saturated rings. The Bertz CT molecular complexity index is 432. The third-order valence-corrected chi connectivity index (χ3v) is 3.14. The van der Waals surface area contributed by atoms with E-state index in [1.165, 1.54) is 0 Å². The fourth-order valence-electron chi connectivity index (χ4n) is 1.51. The lowest BCUT2D eigenvalue weighted by Gasteiger charge is -2.28. The van der Waals surface area contributed by atoms with E-state index in [0.717, 1.165) is 10.2 Å². The molecule has 0 atom stereocenters. The fourth-order valence-corrected chi connectivity index (χ4v) is 2.08. The van der Waals surface area contributed by atoms with Crippen molar-refractivity contribution in [2.45, 2.75) is 13.0 Å². The largest absolute Gasteiger partial charge is 0.377 e. The molecule has 86 valence electrons. The highest BCUT2D eigenvalue weighted by molar-refractivity contribution is 9.10. The zero-order valence-corrected chi connectivity index (χ0v) is 10.3. The molecular formula is C10H11BrN2O3. The second-order valence-electron chi connectivity index (χ2n) is 3.75. The summed E-state index contributed by atoms with van der Waals surface area (Å²) in [7, 11) is 0. The first-order chi connectivity index (χ1) is 7.58. The molecule has 1 heterocycles. The smallest absolute Gasteiger partial charge is 0.274 e. The van der Waals surface area contributed by atoms with Crippen molar-refractivity contribution in [1.29, 1.82) is 0 Å². The minimum absolute atomic E-state index is 0.131. The Kier molecular flexibility index (Phi) is 3.11. The van der Waals surface area contributed by atoms with E-state index in [4.69, 9.17) is 4.74 Å². The molecule has 0 radical (unpaired) electrons. The molecule has 0 amide bonds. The number of benzene rings is 1. The van der Waals surface area contributed by atoms with Crippen LogP contribution in [0.25, 0.3) is 0 Å². The maximum Gasteiger partial charge on any atom is 0.274 e. The van der Waals surface area contributed by atoms with Gasteiger partial charge in [0.1, 0.15) is 0 Å². The molecular weight excluding hydrogens is 276 g/mol. The quantitative estimate of drug-likeness (QED) is 0.685. The van der Waals surface area contributed by atoms with Crippen LogP contribution in [-0.2, 0) is 4.74 Å². The molecule has 0 saturated carbocycles. The lowest BCUT2D eigenvalue weighted by Crippen LogP contribution is -2.40. The van der Waals surface area contributed by atoms with Gasteiger partial charge in [-0.3, -0.25) is 10.1 Å². The standard InChI is InChI=1S/C10H11BrN2O3/c1-6-2-8(11)9(3-10(6)13(14)15)12-7-4-16-5-7/h2-3,7,12H,4-5H2,1H3. The van der Waals surface area contributed by atoms with Crippen LogP contribution in [0.1, 0.15) is 5.56 Å². The van der Waals surface area contributed by atoms with Crippen LogP contribution in [0.2, 0.25) is 0 Å². The van der Waals surface area contributed by atoms with Crippen molar-refractivity contribution in [2.24, 2.45) is 0 Å². The monoisotopic (exact) mass is 286 g/mol. The van der Waals surface area contributed by atoms with Crippen LogP contribution in [0.3, 0.4) is 0 Å². The van der Waals surface area contributed by atoms with E-state index >= 15 is 0 Å². The van der Waals surface area contributed by atoms with Crippen LogP contribution in [0, 0.1) is 17.0 Å². The Labute approximate surface area is 101 Å². The molecule has 6 heteroatoms. The SMILES string of the molecule is Cc1cc(Br)c(NC2COC2)cc1[N+](=O)[O-]. The topological polar surface area (TPSA) is 64.4 Å². The Morgan fingerprint density at radius 1 is 1.56 bits per heavy atom. The van der Waals surface area contributed by atoms with Gasteiger partial charge < -0.3 is 10.1 Å². The molecule has 1 aliphatic rings.